The lowest BCUT2D eigenvalue weighted by atomic mass is 10.2. The maximum Gasteiger partial charge on any atom is 0.249 e. The maximum absolute atomic E-state index is 12.0. The summed E-state index contributed by atoms with van der Waals surface area (Å²) in [5, 5.41) is 7.77. The Morgan fingerprint density at radius 1 is 0.818 bits per heavy atom. The molecule has 0 bridgehead atoms. The Hall–Kier alpha value is -3.24. The summed E-state index contributed by atoms with van der Waals surface area (Å²) in [6.45, 7) is 7.88. The van der Waals surface area contributed by atoms with Gasteiger partial charge in [0.1, 0.15) is 31.1 Å². The van der Waals surface area contributed by atoms with E-state index in [0.29, 0.717) is 35.8 Å². The number of rotatable bonds is 12. The monoisotopic (exact) mass is 576 g/mol. The van der Waals surface area contributed by atoms with Crippen LogP contribution in [0.3, 0.4) is 0 Å². The third-order valence-electron chi connectivity index (χ3n) is 3.76. The minimum Gasteiger partial charge on any atom is -0.489 e. The SMILES string of the molecule is C=CCOc1ccc(Br)cc1/C=N\NC(=O)CC(=O)N/N=C\c1cc(Br)ccc1OCC=C. The van der Waals surface area contributed by atoms with Crippen LogP contribution in [0.25, 0.3) is 0 Å². The Morgan fingerprint density at radius 3 is 1.64 bits per heavy atom. The zero-order valence-electron chi connectivity index (χ0n) is 17.6. The smallest absolute Gasteiger partial charge is 0.249 e. The first-order chi connectivity index (χ1) is 15.9. The number of carbonyl (C=O) groups is 2. The van der Waals surface area contributed by atoms with Gasteiger partial charge in [-0.25, -0.2) is 10.9 Å². The number of amides is 2. The maximum atomic E-state index is 12.0. The molecule has 0 heterocycles. The molecule has 0 aromatic heterocycles. The first-order valence-corrected chi connectivity index (χ1v) is 11.2. The summed E-state index contributed by atoms with van der Waals surface area (Å²) in [6, 6.07) is 10.7. The fourth-order valence-corrected chi connectivity index (χ4v) is 3.13. The highest BCUT2D eigenvalue weighted by Crippen LogP contribution is 2.22. The Balaban J connectivity index is 1.89. The van der Waals surface area contributed by atoms with Crippen molar-refractivity contribution in [1.82, 2.24) is 10.9 Å². The van der Waals surface area contributed by atoms with Crippen LogP contribution in [0.5, 0.6) is 11.5 Å². The van der Waals surface area contributed by atoms with Gasteiger partial charge in [-0.3, -0.25) is 9.59 Å². The number of hydrogen-bond donors (Lipinski definition) is 2. The Labute approximate surface area is 208 Å². The average molecular weight is 578 g/mol. The van der Waals surface area contributed by atoms with Gasteiger partial charge in [-0.15, -0.1) is 0 Å². The van der Waals surface area contributed by atoms with Crippen molar-refractivity contribution in [2.24, 2.45) is 10.2 Å². The Kier molecular flexibility index (Phi) is 11.1. The highest BCUT2D eigenvalue weighted by molar-refractivity contribution is 9.10. The lowest BCUT2D eigenvalue weighted by molar-refractivity contribution is -0.129. The molecular formula is C23H22Br2N4O4. The third-order valence-corrected chi connectivity index (χ3v) is 4.75. The van der Waals surface area contributed by atoms with Crippen molar-refractivity contribution >= 4 is 56.1 Å². The second-order valence-electron chi connectivity index (χ2n) is 6.33. The van der Waals surface area contributed by atoms with Crippen molar-refractivity contribution in [1.29, 1.82) is 0 Å². The van der Waals surface area contributed by atoms with E-state index in [0.717, 1.165) is 8.95 Å². The number of hydrogen-bond acceptors (Lipinski definition) is 6. The molecule has 2 N–H and O–H groups in total. The van der Waals surface area contributed by atoms with Crippen LogP contribution in [0.2, 0.25) is 0 Å². The van der Waals surface area contributed by atoms with E-state index in [-0.39, 0.29) is 0 Å². The molecule has 172 valence electrons. The largest absolute Gasteiger partial charge is 0.489 e. The lowest BCUT2D eigenvalue weighted by Crippen LogP contribution is -2.27. The molecule has 8 nitrogen and oxygen atoms in total. The summed E-state index contributed by atoms with van der Waals surface area (Å²) in [4.78, 5) is 24.0. The highest BCUT2D eigenvalue weighted by atomic mass is 79.9. The summed E-state index contributed by atoms with van der Waals surface area (Å²) in [5.74, 6) is -0.0423. The van der Waals surface area contributed by atoms with E-state index in [1.165, 1.54) is 12.4 Å². The molecule has 0 fully saturated rings. The molecule has 0 spiro atoms. The van der Waals surface area contributed by atoms with Crippen LogP contribution < -0.4 is 20.3 Å². The topological polar surface area (TPSA) is 101 Å². The fraction of sp³-hybridized carbons (Fsp3) is 0.130. The van der Waals surface area contributed by atoms with Crippen LogP contribution in [-0.2, 0) is 9.59 Å². The van der Waals surface area contributed by atoms with Crippen LogP contribution in [0.15, 0.2) is 80.9 Å². The summed E-state index contributed by atoms with van der Waals surface area (Å²) in [6.07, 6.45) is 5.64. The molecule has 2 amide bonds. The first-order valence-electron chi connectivity index (χ1n) is 9.63. The number of hydrazone groups is 2. The molecule has 33 heavy (non-hydrogen) atoms. The predicted octanol–water partition coefficient (Wildman–Crippen LogP) is 4.33. The highest BCUT2D eigenvalue weighted by Gasteiger charge is 2.09. The van der Waals surface area contributed by atoms with Gasteiger partial charge < -0.3 is 9.47 Å². The normalized spacial score (nSPS) is 10.7. The second kappa shape index (κ2) is 14.0. The van der Waals surface area contributed by atoms with Crippen LogP contribution >= 0.6 is 31.9 Å². The van der Waals surface area contributed by atoms with Gasteiger partial charge in [-0.1, -0.05) is 57.2 Å². The number of benzene rings is 2. The molecule has 0 aliphatic carbocycles. The van der Waals surface area contributed by atoms with Crippen molar-refractivity contribution in [2.45, 2.75) is 6.42 Å². The van der Waals surface area contributed by atoms with E-state index in [1.807, 2.05) is 12.1 Å². The quantitative estimate of drug-likeness (QED) is 0.170. The molecule has 0 saturated carbocycles. The molecule has 0 atom stereocenters. The van der Waals surface area contributed by atoms with E-state index in [1.54, 1.807) is 36.4 Å². The molecule has 10 heteroatoms. The van der Waals surface area contributed by atoms with E-state index in [9.17, 15) is 9.59 Å². The van der Waals surface area contributed by atoms with Gasteiger partial charge >= 0.3 is 0 Å². The second-order valence-corrected chi connectivity index (χ2v) is 8.16. The molecule has 0 aliphatic rings. The number of carbonyl (C=O) groups excluding carboxylic acids is 2. The molecule has 2 aromatic carbocycles. The summed E-state index contributed by atoms with van der Waals surface area (Å²) in [5.41, 5.74) is 5.89. The van der Waals surface area contributed by atoms with Gasteiger partial charge in [0.25, 0.3) is 0 Å². The van der Waals surface area contributed by atoms with E-state index in [4.69, 9.17) is 9.47 Å². The molecule has 0 unspecified atom stereocenters. The van der Waals surface area contributed by atoms with Crippen LogP contribution in [-0.4, -0.2) is 37.5 Å². The number of nitrogens with one attached hydrogen (secondary N) is 2. The van der Waals surface area contributed by atoms with E-state index < -0.39 is 18.2 Å². The Morgan fingerprint density at radius 2 is 1.24 bits per heavy atom. The van der Waals surface area contributed by atoms with Gasteiger partial charge in [0.05, 0.1) is 12.4 Å². The third kappa shape index (κ3) is 9.42. The first kappa shape index (κ1) is 26.0. The van der Waals surface area contributed by atoms with Crippen molar-refractivity contribution < 1.29 is 19.1 Å². The minimum absolute atomic E-state index is 0.331. The molecule has 0 radical (unpaired) electrons. The molecule has 2 rings (SSSR count). The van der Waals surface area contributed by atoms with Crippen LogP contribution in [0, 0.1) is 0 Å². The van der Waals surface area contributed by atoms with Crippen molar-refractivity contribution in [3.05, 3.63) is 81.8 Å². The number of halogens is 2. The standard InChI is InChI=1S/C23H22Br2N4O4/c1-3-9-32-20-7-5-18(24)11-16(20)14-26-28-22(30)13-23(31)29-27-15-17-12-19(25)6-8-21(17)33-10-4-2/h3-8,11-12,14-15H,1-2,9-10,13H2,(H,28,30)(H,29,31)/b26-14-,27-15-. The number of ether oxygens (including phenoxy) is 2. The molecule has 0 aliphatic heterocycles. The molecule has 2 aromatic rings. The zero-order chi connectivity index (χ0) is 24.1. The van der Waals surface area contributed by atoms with Crippen molar-refractivity contribution in [3.8, 4) is 11.5 Å². The van der Waals surface area contributed by atoms with Crippen LogP contribution in [0.4, 0.5) is 0 Å². The fourth-order valence-electron chi connectivity index (χ4n) is 2.37. The van der Waals surface area contributed by atoms with Crippen molar-refractivity contribution in [2.75, 3.05) is 13.2 Å². The van der Waals surface area contributed by atoms with Gasteiger partial charge in [-0.05, 0) is 36.4 Å². The van der Waals surface area contributed by atoms with Crippen molar-refractivity contribution in [3.63, 3.8) is 0 Å². The molecule has 0 saturated heterocycles. The number of nitrogens with zero attached hydrogens (tertiary/aromatic N) is 2. The molecular weight excluding hydrogens is 556 g/mol. The summed E-state index contributed by atoms with van der Waals surface area (Å²) >= 11 is 6.75. The average Bonchev–Trinajstić information content (AvgIpc) is 2.78. The van der Waals surface area contributed by atoms with Gasteiger partial charge in [-0.2, -0.15) is 10.2 Å². The summed E-state index contributed by atoms with van der Waals surface area (Å²) in [7, 11) is 0. The summed E-state index contributed by atoms with van der Waals surface area (Å²) < 4.78 is 12.7. The zero-order valence-corrected chi connectivity index (χ0v) is 20.8. The minimum atomic E-state index is -0.597. The van der Waals surface area contributed by atoms with Gasteiger partial charge in [0.2, 0.25) is 11.8 Å². The van der Waals surface area contributed by atoms with Gasteiger partial charge in [0.15, 0.2) is 0 Å². The Bertz CT molecular complexity index is 987. The van der Waals surface area contributed by atoms with E-state index in [2.05, 4.69) is 66.1 Å². The predicted molar refractivity (Wildman–Crippen MR) is 136 cm³/mol. The van der Waals surface area contributed by atoms with Gasteiger partial charge in [0, 0.05) is 20.1 Å². The van der Waals surface area contributed by atoms with E-state index >= 15 is 0 Å². The lowest BCUT2D eigenvalue weighted by Gasteiger charge is -2.07. The van der Waals surface area contributed by atoms with Crippen LogP contribution in [0.1, 0.15) is 17.5 Å².